The summed E-state index contributed by atoms with van der Waals surface area (Å²) < 4.78 is 5.39. The molecule has 0 heterocycles. The van der Waals surface area contributed by atoms with Gasteiger partial charge in [-0.05, 0) is 56.2 Å². The summed E-state index contributed by atoms with van der Waals surface area (Å²) in [7, 11) is 0. The lowest BCUT2D eigenvalue weighted by Crippen LogP contribution is -2.59. The van der Waals surface area contributed by atoms with E-state index in [0.717, 1.165) is 18.4 Å². The summed E-state index contributed by atoms with van der Waals surface area (Å²) in [6.07, 6.45) is 4.21. The normalized spacial score (nSPS) is 14.6. The fourth-order valence-electron chi connectivity index (χ4n) is 5.00. The number of ether oxygens (including phenoxy) is 1. The largest absolute Gasteiger partial charge is 0.425 e. The summed E-state index contributed by atoms with van der Waals surface area (Å²) in [6.45, 7) is 17.3. The second-order valence-corrected chi connectivity index (χ2v) is 14.2. The highest BCUT2D eigenvalue weighted by molar-refractivity contribution is 7.80. The Hall–Kier alpha value is -3.05. The zero-order chi connectivity index (χ0) is 34.5. The monoisotopic (exact) mass is 647 g/mol. The van der Waals surface area contributed by atoms with Gasteiger partial charge in [0.1, 0.15) is 23.9 Å². The van der Waals surface area contributed by atoms with Crippen molar-refractivity contribution in [2.24, 2.45) is 28.7 Å². The average molecular weight is 648 g/mol. The highest BCUT2D eigenvalue weighted by Crippen LogP contribution is 2.28. The molecule has 0 radical (unpaired) electrons. The van der Waals surface area contributed by atoms with Crippen LogP contribution in [0.2, 0.25) is 0 Å². The van der Waals surface area contributed by atoms with Crippen LogP contribution >= 0.6 is 12.2 Å². The molecule has 1 aromatic rings. The Bertz CT molecular complexity index is 1150. The van der Waals surface area contributed by atoms with Gasteiger partial charge in [0.25, 0.3) is 0 Å². The number of carbonyl (C=O) groups excluding carboxylic acids is 4. The summed E-state index contributed by atoms with van der Waals surface area (Å²) >= 11 is 5.22. The third kappa shape index (κ3) is 13.9. The van der Waals surface area contributed by atoms with Crippen molar-refractivity contribution in [3.63, 3.8) is 0 Å². The lowest BCUT2D eigenvalue weighted by Gasteiger charge is -2.37. The van der Waals surface area contributed by atoms with Crippen molar-refractivity contribution in [2.45, 2.75) is 131 Å². The number of benzene rings is 1. The van der Waals surface area contributed by atoms with Crippen LogP contribution in [0.1, 0.15) is 106 Å². The number of carbonyl (C=O) groups is 4. The fourth-order valence-corrected chi connectivity index (χ4v) is 5.07. The number of nitrogens with two attached hydrogens (primary N) is 2. The lowest BCUT2D eigenvalue weighted by molar-refractivity contribution is -0.136. The second-order valence-electron chi connectivity index (χ2n) is 13.8. The third-order valence-electron chi connectivity index (χ3n) is 8.04. The van der Waals surface area contributed by atoms with Crippen molar-refractivity contribution < 1.29 is 23.9 Å². The Morgan fingerprint density at radius 3 is 2.04 bits per heavy atom. The van der Waals surface area contributed by atoms with Crippen LogP contribution in [-0.4, -0.2) is 52.3 Å². The maximum atomic E-state index is 13.8. The molecule has 4 atom stereocenters. The summed E-state index contributed by atoms with van der Waals surface area (Å²) in [5.41, 5.74) is 11.4. The van der Waals surface area contributed by atoms with Crippen LogP contribution in [0.5, 0.6) is 5.75 Å². The van der Waals surface area contributed by atoms with Gasteiger partial charge in [0.05, 0.1) is 4.99 Å². The number of hydrogen-bond acceptors (Lipinski definition) is 7. The van der Waals surface area contributed by atoms with E-state index in [1.807, 2.05) is 55.4 Å². The number of thiocarbonyl (C=S) groups is 1. The highest BCUT2D eigenvalue weighted by Gasteiger charge is 2.36. The molecule has 3 amide bonds. The molecule has 10 nitrogen and oxygen atoms in total. The molecule has 0 aliphatic carbocycles. The molecule has 254 valence electrons. The van der Waals surface area contributed by atoms with Gasteiger partial charge in [0.15, 0.2) is 0 Å². The maximum Gasteiger partial charge on any atom is 0.328 e. The number of esters is 1. The topological polar surface area (TPSA) is 166 Å². The molecular formula is C34H57N5O5S. The van der Waals surface area contributed by atoms with Crippen molar-refractivity contribution in [3.05, 3.63) is 29.8 Å². The van der Waals surface area contributed by atoms with E-state index >= 15 is 0 Å². The van der Waals surface area contributed by atoms with Gasteiger partial charge in [-0.2, -0.15) is 0 Å². The van der Waals surface area contributed by atoms with Gasteiger partial charge >= 0.3 is 5.97 Å². The number of hydrogen-bond donors (Lipinski definition) is 5. The minimum absolute atomic E-state index is 0.0691. The number of rotatable bonds is 19. The average Bonchev–Trinajstić information content (AvgIpc) is 2.94. The first-order valence-corrected chi connectivity index (χ1v) is 16.5. The van der Waals surface area contributed by atoms with Gasteiger partial charge in [0, 0.05) is 23.8 Å². The van der Waals surface area contributed by atoms with E-state index in [4.69, 9.17) is 28.4 Å². The number of unbranched alkanes of at least 4 members (excludes halogenated alkanes) is 2. The Kier molecular flexibility index (Phi) is 16.2. The van der Waals surface area contributed by atoms with E-state index in [9.17, 15) is 19.2 Å². The van der Waals surface area contributed by atoms with Crippen LogP contribution in [0.25, 0.3) is 0 Å². The van der Waals surface area contributed by atoms with Crippen molar-refractivity contribution in [1.82, 2.24) is 16.0 Å². The molecule has 0 bridgehead atoms. The molecule has 0 saturated heterocycles. The lowest BCUT2D eigenvalue weighted by atomic mass is 9.79. The van der Waals surface area contributed by atoms with Crippen LogP contribution in [0.3, 0.4) is 0 Å². The third-order valence-corrected chi connectivity index (χ3v) is 8.59. The fraction of sp³-hybridized carbons (Fsp3) is 0.676. The molecule has 4 unspecified atom stereocenters. The van der Waals surface area contributed by atoms with Crippen molar-refractivity contribution in [2.75, 3.05) is 0 Å². The predicted molar refractivity (Wildman–Crippen MR) is 183 cm³/mol. The minimum Gasteiger partial charge on any atom is -0.425 e. The van der Waals surface area contributed by atoms with E-state index in [1.165, 1.54) is 0 Å². The van der Waals surface area contributed by atoms with Gasteiger partial charge in [-0.15, -0.1) is 0 Å². The Morgan fingerprint density at radius 2 is 1.53 bits per heavy atom. The quantitative estimate of drug-likeness (QED) is 0.0641. The van der Waals surface area contributed by atoms with E-state index < -0.39 is 41.0 Å². The van der Waals surface area contributed by atoms with E-state index in [-0.39, 0.29) is 30.1 Å². The molecule has 11 heteroatoms. The van der Waals surface area contributed by atoms with Gasteiger partial charge in [-0.1, -0.05) is 92.1 Å². The molecule has 0 fully saturated rings. The standard InChI is InChI=1S/C34H57N5O5S/c1-10-12-13-14-26(40)37-25(19-23-15-17-24(18-16-23)44-31(43)27(35)21(3)4)29(41)38-28(22(5)11-2)30(42)39-34(8,9)20-33(6,7)32(36)45/h15-18,21-22,25,27-28H,10-14,19-20,35H2,1-9H3,(H2,36,45)(H,37,40)(H,38,41)(H,39,42). The summed E-state index contributed by atoms with van der Waals surface area (Å²) in [5.74, 6) is -1.46. The van der Waals surface area contributed by atoms with Gasteiger partial charge in [-0.3, -0.25) is 14.4 Å². The molecule has 1 rings (SSSR count). The molecule has 1 aromatic carbocycles. The number of amides is 3. The molecular weight excluding hydrogens is 590 g/mol. The smallest absolute Gasteiger partial charge is 0.328 e. The molecule has 0 aliphatic heterocycles. The Morgan fingerprint density at radius 1 is 0.933 bits per heavy atom. The van der Waals surface area contributed by atoms with Crippen LogP contribution in [0, 0.1) is 17.3 Å². The Balaban J connectivity index is 3.19. The van der Waals surface area contributed by atoms with Crippen LogP contribution in [0.15, 0.2) is 24.3 Å². The summed E-state index contributed by atoms with van der Waals surface area (Å²) in [6, 6.07) is 4.22. The maximum absolute atomic E-state index is 13.8. The van der Waals surface area contributed by atoms with E-state index in [0.29, 0.717) is 36.4 Å². The number of nitrogens with one attached hydrogen (secondary N) is 3. The van der Waals surface area contributed by atoms with Gasteiger partial charge < -0.3 is 32.2 Å². The van der Waals surface area contributed by atoms with Crippen molar-refractivity contribution in [1.29, 1.82) is 0 Å². The molecule has 0 aliphatic rings. The van der Waals surface area contributed by atoms with E-state index in [2.05, 4.69) is 22.9 Å². The van der Waals surface area contributed by atoms with Crippen LogP contribution in [0.4, 0.5) is 0 Å². The molecule has 0 aromatic heterocycles. The summed E-state index contributed by atoms with van der Waals surface area (Å²) in [4.78, 5) is 52.8. The van der Waals surface area contributed by atoms with E-state index in [1.54, 1.807) is 24.3 Å². The summed E-state index contributed by atoms with van der Waals surface area (Å²) in [5, 5.41) is 8.89. The zero-order valence-electron chi connectivity index (χ0n) is 28.8. The molecule has 7 N–H and O–H groups in total. The zero-order valence-corrected chi connectivity index (χ0v) is 29.6. The first-order valence-electron chi connectivity index (χ1n) is 16.1. The first kappa shape index (κ1) is 40.0. The van der Waals surface area contributed by atoms with Crippen molar-refractivity contribution >= 4 is 40.9 Å². The first-order chi connectivity index (χ1) is 20.8. The Labute approximate surface area is 275 Å². The molecule has 45 heavy (non-hydrogen) atoms. The van der Waals surface area contributed by atoms with Gasteiger partial charge in [0.2, 0.25) is 17.7 Å². The SMILES string of the molecule is CCCCCC(=O)NC(Cc1ccc(OC(=O)C(N)C(C)C)cc1)C(=O)NC(C(=O)NC(C)(C)CC(C)(C)C(N)=S)C(C)CC. The minimum atomic E-state index is -0.928. The highest BCUT2D eigenvalue weighted by atomic mass is 32.1. The van der Waals surface area contributed by atoms with Crippen LogP contribution < -0.4 is 32.2 Å². The van der Waals surface area contributed by atoms with Crippen molar-refractivity contribution in [3.8, 4) is 5.75 Å². The van der Waals surface area contributed by atoms with Crippen LogP contribution in [-0.2, 0) is 25.6 Å². The van der Waals surface area contributed by atoms with Gasteiger partial charge in [-0.25, -0.2) is 4.79 Å². The second kappa shape index (κ2) is 18.2. The predicted octanol–water partition coefficient (Wildman–Crippen LogP) is 4.31. The molecule has 0 saturated carbocycles. The molecule has 0 spiro atoms.